The smallest absolute Gasteiger partial charge is 0.321 e. The van der Waals surface area contributed by atoms with Gasteiger partial charge in [0, 0.05) is 25.3 Å². The second-order valence-corrected chi connectivity index (χ2v) is 7.70. The van der Waals surface area contributed by atoms with E-state index in [1.54, 1.807) is 7.11 Å². The van der Waals surface area contributed by atoms with Crippen LogP contribution in [0, 0.1) is 12.8 Å². The molecule has 2 N–H and O–H groups in total. The third-order valence-electron chi connectivity index (χ3n) is 4.78. The Bertz CT molecular complexity index is 792. The molecule has 3 amide bonds. The first-order valence-corrected chi connectivity index (χ1v) is 9.97. The number of methoxy groups -OCH3 is 1. The summed E-state index contributed by atoms with van der Waals surface area (Å²) in [6.45, 7) is 3.90. The molecule has 2 aromatic rings. The minimum atomic E-state index is -0.0995. The van der Waals surface area contributed by atoms with Crippen molar-refractivity contribution in [3.05, 3.63) is 46.2 Å². The lowest BCUT2D eigenvalue weighted by atomic mass is 9.98. The molecule has 7 heteroatoms. The van der Waals surface area contributed by atoms with Crippen LogP contribution in [0.1, 0.15) is 28.1 Å². The first-order chi connectivity index (χ1) is 13.1. The Morgan fingerprint density at radius 3 is 2.89 bits per heavy atom. The van der Waals surface area contributed by atoms with Crippen molar-refractivity contribution in [1.29, 1.82) is 0 Å². The van der Waals surface area contributed by atoms with E-state index in [9.17, 15) is 9.59 Å². The molecule has 1 unspecified atom stereocenters. The molecule has 1 aromatic carbocycles. The molecule has 1 aliphatic rings. The molecule has 0 radical (unpaired) electrons. The summed E-state index contributed by atoms with van der Waals surface area (Å²) < 4.78 is 5.20. The Morgan fingerprint density at radius 1 is 1.33 bits per heavy atom. The highest BCUT2D eigenvalue weighted by Crippen LogP contribution is 2.23. The molecule has 0 saturated carbocycles. The van der Waals surface area contributed by atoms with Gasteiger partial charge in [-0.05, 0) is 60.9 Å². The molecule has 1 atom stereocenters. The normalized spacial score (nSPS) is 16.7. The van der Waals surface area contributed by atoms with Gasteiger partial charge in [0.1, 0.15) is 5.75 Å². The number of benzene rings is 1. The van der Waals surface area contributed by atoms with Gasteiger partial charge in [-0.25, -0.2) is 4.79 Å². The summed E-state index contributed by atoms with van der Waals surface area (Å²) in [5, 5.41) is 7.86. The number of nitrogens with zero attached hydrogens (tertiary/aromatic N) is 1. The second kappa shape index (κ2) is 8.90. The molecule has 144 valence electrons. The largest absolute Gasteiger partial charge is 0.497 e. The van der Waals surface area contributed by atoms with Crippen molar-refractivity contribution in [2.75, 3.05) is 32.1 Å². The predicted octanol–water partition coefficient (Wildman–Crippen LogP) is 3.74. The highest BCUT2D eigenvalue weighted by molar-refractivity contribution is 7.12. The maximum Gasteiger partial charge on any atom is 0.321 e. The molecule has 3 rings (SSSR count). The van der Waals surface area contributed by atoms with Gasteiger partial charge in [0.15, 0.2) is 0 Å². The number of hydrogen-bond donors (Lipinski definition) is 2. The zero-order chi connectivity index (χ0) is 19.2. The fourth-order valence-corrected chi connectivity index (χ4v) is 3.89. The molecule has 0 bridgehead atoms. The summed E-state index contributed by atoms with van der Waals surface area (Å²) in [7, 11) is 1.62. The lowest BCUT2D eigenvalue weighted by molar-refractivity contribution is 0.0942. The van der Waals surface area contributed by atoms with Crippen molar-refractivity contribution >= 4 is 29.0 Å². The number of thiophene rings is 1. The number of likely N-dealkylation sites (tertiary alicyclic amines) is 1. The van der Waals surface area contributed by atoms with Gasteiger partial charge in [-0.3, -0.25) is 4.79 Å². The van der Waals surface area contributed by atoms with Crippen molar-refractivity contribution in [1.82, 2.24) is 10.2 Å². The Labute approximate surface area is 163 Å². The van der Waals surface area contributed by atoms with E-state index in [2.05, 4.69) is 10.6 Å². The summed E-state index contributed by atoms with van der Waals surface area (Å²) in [5.41, 5.74) is 1.74. The van der Waals surface area contributed by atoms with Crippen LogP contribution in [0.5, 0.6) is 5.75 Å². The summed E-state index contributed by atoms with van der Waals surface area (Å²) in [6.07, 6.45) is 1.95. The number of piperidine rings is 1. The average molecular weight is 388 g/mol. The number of aryl methyl sites for hydroxylation is 1. The molecule has 6 nitrogen and oxygen atoms in total. The van der Waals surface area contributed by atoms with Gasteiger partial charge >= 0.3 is 6.03 Å². The number of hydrogen-bond acceptors (Lipinski definition) is 4. The molecule has 0 spiro atoms. The van der Waals surface area contributed by atoms with E-state index in [4.69, 9.17) is 4.74 Å². The van der Waals surface area contributed by atoms with E-state index in [1.165, 1.54) is 11.3 Å². The molecule has 1 aromatic heterocycles. The maximum absolute atomic E-state index is 12.6. The van der Waals surface area contributed by atoms with Crippen LogP contribution in [0.15, 0.2) is 35.7 Å². The summed E-state index contributed by atoms with van der Waals surface area (Å²) in [6, 6.07) is 9.17. The van der Waals surface area contributed by atoms with Crippen LogP contribution < -0.4 is 15.4 Å². The maximum atomic E-state index is 12.6. The standard InChI is InChI=1S/C20H25N3O3S/c1-14-11-16(26-2)7-8-17(14)22-20(25)23-9-3-5-15(13-23)12-21-19(24)18-6-4-10-27-18/h4,6-8,10-11,15H,3,5,9,12-13H2,1-2H3,(H,21,24)(H,22,25). The monoisotopic (exact) mass is 387 g/mol. The topological polar surface area (TPSA) is 70.7 Å². The minimum absolute atomic E-state index is 0.0413. The Hall–Kier alpha value is -2.54. The number of anilines is 1. The van der Waals surface area contributed by atoms with Crippen LogP contribution in [0.2, 0.25) is 0 Å². The molecule has 1 fully saturated rings. The summed E-state index contributed by atoms with van der Waals surface area (Å²) in [5.74, 6) is 0.996. The SMILES string of the molecule is COc1ccc(NC(=O)N2CCCC(CNC(=O)c3cccs3)C2)c(C)c1. The second-order valence-electron chi connectivity index (χ2n) is 6.75. The Morgan fingerprint density at radius 2 is 2.19 bits per heavy atom. The Balaban J connectivity index is 1.52. The molecule has 1 aliphatic heterocycles. The van der Waals surface area contributed by atoms with Crippen LogP contribution in [0.3, 0.4) is 0 Å². The van der Waals surface area contributed by atoms with Crippen LogP contribution in [-0.2, 0) is 0 Å². The van der Waals surface area contributed by atoms with E-state index in [-0.39, 0.29) is 17.9 Å². The first kappa shape index (κ1) is 19.2. The van der Waals surface area contributed by atoms with Gasteiger partial charge in [-0.1, -0.05) is 6.07 Å². The van der Waals surface area contributed by atoms with Crippen molar-refractivity contribution in [3.63, 3.8) is 0 Å². The highest BCUT2D eigenvalue weighted by Gasteiger charge is 2.24. The van der Waals surface area contributed by atoms with E-state index in [1.807, 2.05) is 47.5 Å². The molecule has 0 aliphatic carbocycles. The Kier molecular flexibility index (Phi) is 6.34. The fraction of sp³-hybridized carbons (Fsp3) is 0.400. The van der Waals surface area contributed by atoms with Gasteiger partial charge in [0.2, 0.25) is 0 Å². The number of urea groups is 1. The van der Waals surface area contributed by atoms with Gasteiger partial charge < -0.3 is 20.3 Å². The van der Waals surface area contributed by atoms with Crippen LogP contribution >= 0.6 is 11.3 Å². The predicted molar refractivity (Wildman–Crippen MR) is 108 cm³/mol. The molecule has 2 heterocycles. The van der Waals surface area contributed by atoms with Crippen LogP contribution in [0.4, 0.5) is 10.5 Å². The molecule has 1 saturated heterocycles. The average Bonchev–Trinajstić information content (AvgIpc) is 3.22. The van der Waals surface area contributed by atoms with Crippen molar-refractivity contribution < 1.29 is 14.3 Å². The van der Waals surface area contributed by atoms with Crippen molar-refractivity contribution in [2.24, 2.45) is 5.92 Å². The van der Waals surface area contributed by atoms with Crippen LogP contribution in [0.25, 0.3) is 0 Å². The zero-order valence-electron chi connectivity index (χ0n) is 15.7. The number of rotatable bonds is 5. The van der Waals surface area contributed by atoms with Crippen LogP contribution in [-0.4, -0.2) is 43.6 Å². The van der Waals surface area contributed by atoms with Crippen molar-refractivity contribution in [3.8, 4) is 5.75 Å². The summed E-state index contributed by atoms with van der Waals surface area (Å²) >= 11 is 1.43. The quantitative estimate of drug-likeness (QED) is 0.821. The number of carbonyl (C=O) groups is 2. The zero-order valence-corrected chi connectivity index (χ0v) is 16.5. The summed E-state index contributed by atoms with van der Waals surface area (Å²) in [4.78, 5) is 27.3. The lowest BCUT2D eigenvalue weighted by Crippen LogP contribution is -2.45. The highest BCUT2D eigenvalue weighted by atomic mass is 32.1. The fourth-order valence-electron chi connectivity index (χ4n) is 3.25. The molecule has 27 heavy (non-hydrogen) atoms. The first-order valence-electron chi connectivity index (χ1n) is 9.09. The number of nitrogens with one attached hydrogen (secondary N) is 2. The van der Waals surface area contributed by atoms with Gasteiger partial charge in [-0.2, -0.15) is 0 Å². The van der Waals surface area contributed by atoms with E-state index in [0.29, 0.717) is 13.1 Å². The lowest BCUT2D eigenvalue weighted by Gasteiger charge is -2.33. The third-order valence-corrected chi connectivity index (χ3v) is 5.65. The number of carbonyl (C=O) groups excluding carboxylic acids is 2. The third kappa shape index (κ3) is 5.01. The van der Waals surface area contributed by atoms with E-state index in [0.717, 1.165) is 41.3 Å². The van der Waals surface area contributed by atoms with Gasteiger partial charge in [-0.15, -0.1) is 11.3 Å². The van der Waals surface area contributed by atoms with E-state index < -0.39 is 0 Å². The molecular formula is C20H25N3O3S. The molecular weight excluding hydrogens is 362 g/mol. The number of amides is 3. The number of ether oxygens (including phenoxy) is 1. The minimum Gasteiger partial charge on any atom is -0.497 e. The van der Waals surface area contributed by atoms with Crippen molar-refractivity contribution in [2.45, 2.75) is 19.8 Å². The van der Waals surface area contributed by atoms with Gasteiger partial charge in [0.25, 0.3) is 5.91 Å². The van der Waals surface area contributed by atoms with Gasteiger partial charge in [0.05, 0.1) is 12.0 Å². The van der Waals surface area contributed by atoms with E-state index >= 15 is 0 Å².